The van der Waals surface area contributed by atoms with Crippen molar-refractivity contribution in [1.82, 2.24) is 16.0 Å². The molecule has 0 bridgehead atoms. The average molecular weight is 271 g/mol. The van der Waals surface area contributed by atoms with E-state index in [0.717, 1.165) is 0 Å². The largest absolute Gasteiger partial charge is 0.480 e. The molecule has 0 aliphatic heterocycles. The van der Waals surface area contributed by atoms with Gasteiger partial charge in [-0.2, -0.15) is 0 Å². The van der Waals surface area contributed by atoms with E-state index in [4.69, 9.17) is 5.11 Å². The number of hydrogen-bond acceptors (Lipinski definition) is 4. The molecule has 4 N–H and O–H groups in total. The van der Waals surface area contributed by atoms with E-state index in [-0.39, 0.29) is 13.1 Å². The Hall–Kier alpha value is -1.89. The molecular formula is C12H21N3O4. The third-order valence-electron chi connectivity index (χ3n) is 2.86. The molecule has 7 heteroatoms. The van der Waals surface area contributed by atoms with Crippen LogP contribution in [0.5, 0.6) is 0 Å². The van der Waals surface area contributed by atoms with E-state index in [0.29, 0.717) is 12.8 Å². The molecule has 0 atom stereocenters. The number of carbonyl (C=O) groups excluding carboxylic acids is 2. The van der Waals surface area contributed by atoms with E-state index in [1.165, 1.54) is 6.08 Å². The van der Waals surface area contributed by atoms with Crippen molar-refractivity contribution in [3.8, 4) is 0 Å². The van der Waals surface area contributed by atoms with Crippen molar-refractivity contribution in [1.29, 1.82) is 0 Å². The fourth-order valence-corrected chi connectivity index (χ4v) is 1.51. The van der Waals surface area contributed by atoms with E-state index >= 15 is 0 Å². The monoisotopic (exact) mass is 271 g/mol. The lowest BCUT2D eigenvalue weighted by Crippen LogP contribution is -2.55. The Balaban J connectivity index is 4.30. The fourth-order valence-electron chi connectivity index (χ4n) is 1.51. The maximum atomic E-state index is 11.5. The second-order valence-corrected chi connectivity index (χ2v) is 3.99. The Bertz CT molecular complexity index is 351. The topological polar surface area (TPSA) is 108 Å². The van der Waals surface area contributed by atoms with E-state index in [1.54, 1.807) is 13.8 Å². The molecule has 0 aromatic heterocycles. The van der Waals surface area contributed by atoms with Gasteiger partial charge in [-0.25, -0.2) is 4.79 Å². The summed E-state index contributed by atoms with van der Waals surface area (Å²) in [7, 11) is 0. The summed E-state index contributed by atoms with van der Waals surface area (Å²) in [5.74, 6) is -1.60. The Morgan fingerprint density at radius 3 is 2.26 bits per heavy atom. The van der Waals surface area contributed by atoms with Crippen LogP contribution in [0.25, 0.3) is 0 Å². The zero-order valence-electron chi connectivity index (χ0n) is 11.3. The van der Waals surface area contributed by atoms with Gasteiger partial charge >= 0.3 is 12.0 Å². The molecule has 3 amide bonds. The second-order valence-electron chi connectivity index (χ2n) is 3.99. The number of carboxylic acid groups (broad SMARTS) is 1. The normalized spacial score (nSPS) is 10.6. The van der Waals surface area contributed by atoms with Crippen molar-refractivity contribution >= 4 is 17.9 Å². The summed E-state index contributed by atoms with van der Waals surface area (Å²) in [6, 6.07) is -0.638. The first-order valence-corrected chi connectivity index (χ1v) is 6.08. The highest BCUT2D eigenvalue weighted by atomic mass is 16.4. The number of carbonyl (C=O) groups is 3. The summed E-state index contributed by atoms with van der Waals surface area (Å²) in [4.78, 5) is 33.8. The maximum Gasteiger partial charge on any atom is 0.323 e. The molecule has 0 fully saturated rings. The molecule has 0 aliphatic carbocycles. The molecule has 0 spiro atoms. The molecule has 0 aromatic carbocycles. The van der Waals surface area contributed by atoms with Gasteiger partial charge < -0.3 is 10.4 Å². The van der Waals surface area contributed by atoms with Crippen LogP contribution >= 0.6 is 0 Å². The molecule has 0 rings (SSSR count). The smallest absolute Gasteiger partial charge is 0.323 e. The summed E-state index contributed by atoms with van der Waals surface area (Å²) < 4.78 is 0. The Kier molecular flexibility index (Phi) is 7.43. The van der Waals surface area contributed by atoms with Crippen LogP contribution < -0.4 is 16.0 Å². The zero-order valence-corrected chi connectivity index (χ0v) is 11.3. The van der Waals surface area contributed by atoms with Crippen LogP contribution in [0, 0.1) is 0 Å². The minimum Gasteiger partial charge on any atom is -0.480 e. The van der Waals surface area contributed by atoms with Gasteiger partial charge in [-0.05, 0) is 12.8 Å². The van der Waals surface area contributed by atoms with Gasteiger partial charge in [-0.1, -0.05) is 19.9 Å². The predicted octanol–water partition coefficient (Wildman–Crippen LogP) is 0.231. The minimum absolute atomic E-state index is 0.241. The molecule has 7 nitrogen and oxygen atoms in total. The van der Waals surface area contributed by atoms with Crippen LogP contribution in [0.2, 0.25) is 0 Å². The Morgan fingerprint density at radius 1 is 1.26 bits per heavy atom. The maximum absolute atomic E-state index is 11.5. The summed E-state index contributed by atoms with van der Waals surface area (Å²) in [5.41, 5.74) is -1.14. The molecular weight excluding hydrogens is 250 g/mol. The lowest BCUT2D eigenvalue weighted by Gasteiger charge is -2.27. The number of hydrogen-bond donors (Lipinski definition) is 4. The molecule has 0 radical (unpaired) electrons. The first kappa shape index (κ1) is 17.1. The Morgan fingerprint density at radius 2 is 1.84 bits per heavy atom. The van der Waals surface area contributed by atoms with Crippen molar-refractivity contribution in [2.45, 2.75) is 32.2 Å². The van der Waals surface area contributed by atoms with E-state index in [9.17, 15) is 14.4 Å². The first-order valence-electron chi connectivity index (χ1n) is 6.08. The summed E-state index contributed by atoms with van der Waals surface area (Å²) in [5, 5.41) is 16.3. The second kappa shape index (κ2) is 8.25. The van der Waals surface area contributed by atoms with Gasteiger partial charge in [0.05, 0.1) is 6.54 Å². The quantitative estimate of drug-likeness (QED) is 0.473. The van der Waals surface area contributed by atoms with Crippen molar-refractivity contribution in [3.05, 3.63) is 12.7 Å². The van der Waals surface area contributed by atoms with Crippen molar-refractivity contribution < 1.29 is 19.5 Å². The highest BCUT2D eigenvalue weighted by Gasteiger charge is 2.34. The molecule has 0 aromatic rings. The van der Waals surface area contributed by atoms with Gasteiger partial charge in [0.15, 0.2) is 0 Å². The number of imide groups is 1. The van der Waals surface area contributed by atoms with Crippen molar-refractivity contribution in [2.24, 2.45) is 0 Å². The van der Waals surface area contributed by atoms with Gasteiger partial charge in [0.2, 0.25) is 5.91 Å². The van der Waals surface area contributed by atoms with Crippen LogP contribution in [0.15, 0.2) is 12.7 Å². The highest BCUT2D eigenvalue weighted by Crippen LogP contribution is 2.14. The Labute approximate surface area is 112 Å². The molecule has 0 saturated carbocycles. The number of carboxylic acids is 1. The van der Waals surface area contributed by atoms with Crippen LogP contribution in [-0.4, -0.2) is 41.6 Å². The van der Waals surface area contributed by atoms with Gasteiger partial charge in [0.1, 0.15) is 5.54 Å². The van der Waals surface area contributed by atoms with E-state index < -0.39 is 23.4 Å². The molecule has 108 valence electrons. The third-order valence-corrected chi connectivity index (χ3v) is 2.86. The SMILES string of the molecule is C=CCNC(=O)NC(=O)CNC(CC)(CC)C(=O)O. The van der Waals surface area contributed by atoms with Gasteiger partial charge in [-0.15, -0.1) is 6.58 Å². The standard InChI is InChI=1S/C12H21N3O4/c1-4-7-13-11(19)15-9(16)8-14-12(5-2,6-3)10(17)18/h4,14H,1,5-8H2,2-3H3,(H,17,18)(H2,13,15,16,19). The fraction of sp³-hybridized carbons (Fsp3) is 0.583. The molecule has 19 heavy (non-hydrogen) atoms. The number of urea groups is 1. The lowest BCUT2D eigenvalue weighted by molar-refractivity contribution is -0.145. The number of rotatable bonds is 8. The number of aliphatic carboxylic acids is 1. The van der Waals surface area contributed by atoms with E-state index in [2.05, 4.69) is 22.5 Å². The van der Waals surface area contributed by atoms with Crippen LogP contribution in [0.3, 0.4) is 0 Å². The van der Waals surface area contributed by atoms with E-state index in [1.807, 2.05) is 0 Å². The average Bonchev–Trinajstić information content (AvgIpc) is 2.37. The van der Waals surface area contributed by atoms with Crippen LogP contribution in [0.4, 0.5) is 4.79 Å². The third kappa shape index (κ3) is 5.52. The predicted molar refractivity (Wildman–Crippen MR) is 70.7 cm³/mol. The van der Waals surface area contributed by atoms with Crippen molar-refractivity contribution in [3.63, 3.8) is 0 Å². The molecule has 0 heterocycles. The zero-order chi connectivity index (χ0) is 14.9. The van der Waals surface area contributed by atoms with Gasteiger partial charge in [0.25, 0.3) is 0 Å². The van der Waals surface area contributed by atoms with Crippen molar-refractivity contribution in [2.75, 3.05) is 13.1 Å². The van der Waals surface area contributed by atoms with Crippen LogP contribution in [0.1, 0.15) is 26.7 Å². The van der Waals surface area contributed by atoms with Gasteiger partial charge in [0, 0.05) is 6.54 Å². The van der Waals surface area contributed by atoms with Gasteiger partial charge in [-0.3, -0.25) is 20.2 Å². The lowest BCUT2D eigenvalue weighted by atomic mass is 9.93. The molecule has 0 unspecified atom stereocenters. The number of nitrogens with one attached hydrogen (secondary N) is 3. The highest BCUT2D eigenvalue weighted by molar-refractivity contribution is 5.95. The molecule has 0 saturated heterocycles. The molecule has 0 aliphatic rings. The number of amides is 3. The summed E-state index contributed by atoms with van der Waals surface area (Å²) in [6.07, 6.45) is 2.16. The minimum atomic E-state index is -1.14. The van der Waals surface area contributed by atoms with Crippen LogP contribution in [-0.2, 0) is 9.59 Å². The summed E-state index contributed by atoms with van der Waals surface area (Å²) >= 11 is 0. The summed E-state index contributed by atoms with van der Waals surface area (Å²) in [6.45, 7) is 6.87. The first-order chi connectivity index (χ1) is 8.91.